The fourth-order valence-corrected chi connectivity index (χ4v) is 2.79. The highest BCUT2D eigenvalue weighted by molar-refractivity contribution is 6.30. The number of ether oxygens (including phenoxy) is 2. The first-order chi connectivity index (χ1) is 9.68. The molecule has 0 bridgehead atoms. The van der Waals surface area contributed by atoms with Crippen LogP contribution in [0.4, 0.5) is 0 Å². The van der Waals surface area contributed by atoms with Crippen LogP contribution >= 0.6 is 11.6 Å². The van der Waals surface area contributed by atoms with E-state index in [1.807, 2.05) is 6.07 Å². The molecule has 4 nitrogen and oxygen atoms in total. The smallest absolute Gasteiger partial charge is 0.235 e. The minimum atomic E-state index is -0.538. The molecule has 106 valence electrons. The molecule has 1 aromatic carbocycles. The molecular formula is C15H16ClNO3. The molecule has 2 saturated carbocycles. The lowest BCUT2D eigenvalue weighted by Gasteiger charge is -2.38. The molecule has 0 heterocycles. The molecule has 0 amide bonds. The van der Waals surface area contributed by atoms with Gasteiger partial charge in [-0.2, -0.15) is 4.99 Å². The molecule has 5 heteroatoms. The molecule has 0 radical (unpaired) electrons. The average Bonchev–Trinajstić information content (AvgIpc) is 3.19. The lowest BCUT2D eigenvalue weighted by atomic mass is 9.72. The zero-order valence-corrected chi connectivity index (χ0v) is 12.1. The Morgan fingerprint density at radius 2 is 2.15 bits per heavy atom. The Bertz CT molecular complexity index is 573. The number of benzene rings is 1. The number of rotatable bonds is 5. The number of hydrogen-bond acceptors (Lipinski definition) is 4. The topological polar surface area (TPSA) is 47.9 Å². The maximum absolute atomic E-state index is 10.8. The third kappa shape index (κ3) is 2.30. The van der Waals surface area contributed by atoms with Gasteiger partial charge in [-0.15, -0.1) is 0 Å². The summed E-state index contributed by atoms with van der Waals surface area (Å²) in [5, 5.41) is 0.562. The maximum atomic E-state index is 10.8. The molecule has 0 aromatic heterocycles. The van der Waals surface area contributed by atoms with E-state index in [1.165, 1.54) is 0 Å². The SMILES string of the molecule is COc1cc(Cl)cc(C2(N=C=O)CCC2)c1OC1CC1. The van der Waals surface area contributed by atoms with Crippen molar-refractivity contribution in [1.82, 2.24) is 0 Å². The van der Waals surface area contributed by atoms with Crippen LogP contribution in [-0.2, 0) is 10.3 Å². The summed E-state index contributed by atoms with van der Waals surface area (Å²) in [7, 11) is 1.59. The van der Waals surface area contributed by atoms with Crippen molar-refractivity contribution in [3.8, 4) is 11.5 Å². The largest absolute Gasteiger partial charge is 0.493 e. The van der Waals surface area contributed by atoms with Crippen molar-refractivity contribution in [3.63, 3.8) is 0 Å². The monoisotopic (exact) mass is 293 g/mol. The molecule has 0 N–H and O–H groups in total. The van der Waals surface area contributed by atoms with Gasteiger partial charge in [0.25, 0.3) is 0 Å². The number of halogens is 1. The van der Waals surface area contributed by atoms with Crippen molar-refractivity contribution in [2.75, 3.05) is 7.11 Å². The van der Waals surface area contributed by atoms with Gasteiger partial charge in [0.1, 0.15) is 5.54 Å². The summed E-state index contributed by atoms with van der Waals surface area (Å²) in [5.41, 5.74) is 0.313. The Morgan fingerprint density at radius 1 is 1.40 bits per heavy atom. The van der Waals surface area contributed by atoms with Crippen LogP contribution in [0.1, 0.15) is 37.7 Å². The average molecular weight is 294 g/mol. The van der Waals surface area contributed by atoms with Crippen LogP contribution in [0.25, 0.3) is 0 Å². The molecule has 1 aromatic rings. The van der Waals surface area contributed by atoms with Gasteiger partial charge in [-0.3, -0.25) is 0 Å². The Labute approximate surface area is 122 Å². The fourth-order valence-electron chi connectivity index (χ4n) is 2.58. The number of aliphatic imine (C=N–C) groups is 1. The third-order valence-electron chi connectivity index (χ3n) is 3.99. The van der Waals surface area contributed by atoms with E-state index in [2.05, 4.69) is 4.99 Å². The fraction of sp³-hybridized carbons (Fsp3) is 0.533. The highest BCUT2D eigenvalue weighted by Gasteiger charge is 2.43. The van der Waals surface area contributed by atoms with Gasteiger partial charge in [0.05, 0.1) is 13.2 Å². The Morgan fingerprint density at radius 3 is 2.65 bits per heavy atom. The summed E-state index contributed by atoms with van der Waals surface area (Å²) in [6, 6.07) is 3.57. The molecule has 2 fully saturated rings. The van der Waals surface area contributed by atoms with Crippen molar-refractivity contribution in [2.45, 2.75) is 43.7 Å². The van der Waals surface area contributed by atoms with Crippen molar-refractivity contribution in [2.24, 2.45) is 4.99 Å². The molecule has 0 aliphatic heterocycles. The summed E-state index contributed by atoms with van der Waals surface area (Å²) >= 11 is 6.16. The van der Waals surface area contributed by atoms with E-state index in [1.54, 1.807) is 19.3 Å². The van der Waals surface area contributed by atoms with Crippen LogP contribution in [-0.4, -0.2) is 19.3 Å². The van der Waals surface area contributed by atoms with Crippen LogP contribution < -0.4 is 9.47 Å². The molecule has 3 rings (SSSR count). The van der Waals surface area contributed by atoms with Crippen molar-refractivity contribution in [1.29, 1.82) is 0 Å². The number of isocyanates is 1. The van der Waals surface area contributed by atoms with Gasteiger partial charge in [-0.05, 0) is 38.2 Å². The van der Waals surface area contributed by atoms with Gasteiger partial charge in [0, 0.05) is 16.7 Å². The second-order valence-electron chi connectivity index (χ2n) is 5.39. The van der Waals surface area contributed by atoms with Gasteiger partial charge in [-0.25, -0.2) is 4.79 Å². The molecule has 2 aliphatic rings. The molecule has 0 spiro atoms. The van der Waals surface area contributed by atoms with E-state index in [4.69, 9.17) is 21.1 Å². The summed E-state index contributed by atoms with van der Waals surface area (Å²) in [4.78, 5) is 14.8. The summed E-state index contributed by atoms with van der Waals surface area (Å²) in [5.74, 6) is 1.28. The molecular weight excluding hydrogens is 278 g/mol. The first kappa shape index (κ1) is 13.5. The highest BCUT2D eigenvalue weighted by atomic mass is 35.5. The van der Waals surface area contributed by atoms with Crippen LogP contribution in [0.5, 0.6) is 11.5 Å². The van der Waals surface area contributed by atoms with E-state index in [9.17, 15) is 4.79 Å². The van der Waals surface area contributed by atoms with Gasteiger partial charge >= 0.3 is 0 Å². The molecule has 0 unspecified atom stereocenters. The van der Waals surface area contributed by atoms with E-state index in [0.29, 0.717) is 16.5 Å². The minimum Gasteiger partial charge on any atom is -0.493 e. The lowest BCUT2D eigenvalue weighted by molar-refractivity contribution is 0.227. The van der Waals surface area contributed by atoms with Crippen LogP contribution in [0, 0.1) is 0 Å². The zero-order chi connectivity index (χ0) is 14.2. The number of methoxy groups -OCH3 is 1. The van der Waals surface area contributed by atoms with Crippen LogP contribution in [0.3, 0.4) is 0 Å². The number of carbonyl (C=O) groups excluding carboxylic acids is 1. The molecule has 0 saturated heterocycles. The summed E-state index contributed by atoms with van der Waals surface area (Å²) < 4.78 is 11.4. The van der Waals surface area contributed by atoms with E-state index < -0.39 is 5.54 Å². The van der Waals surface area contributed by atoms with Gasteiger partial charge in [0.15, 0.2) is 11.5 Å². The second kappa shape index (κ2) is 5.12. The highest BCUT2D eigenvalue weighted by Crippen LogP contribution is 2.52. The predicted octanol–water partition coefficient (Wildman–Crippen LogP) is 3.60. The van der Waals surface area contributed by atoms with Crippen molar-refractivity contribution >= 4 is 17.7 Å². The summed E-state index contributed by atoms with van der Waals surface area (Å²) in [6.45, 7) is 0. The Kier molecular flexibility index (Phi) is 3.45. The zero-order valence-electron chi connectivity index (χ0n) is 11.3. The Balaban J connectivity index is 2.11. The van der Waals surface area contributed by atoms with Gasteiger partial charge in [0.2, 0.25) is 6.08 Å². The second-order valence-corrected chi connectivity index (χ2v) is 5.83. The normalized spacial score (nSPS) is 19.7. The van der Waals surface area contributed by atoms with Crippen LogP contribution in [0.2, 0.25) is 5.02 Å². The maximum Gasteiger partial charge on any atom is 0.235 e. The van der Waals surface area contributed by atoms with Gasteiger partial charge in [-0.1, -0.05) is 11.6 Å². The van der Waals surface area contributed by atoms with Gasteiger partial charge < -0.3 is 9.47 Å². The first-order valence-electron chi connectivity index (χ1n) is 6.82. The van der Waals surface area contributed by atoms with Crippen molar-refractivity contribution in [3.05, 3.63) is 22.7 Å². The molecule has 2 aliphatic carbocycles. The molecule has 20 heavy (non-hydrogen) atoms. The number of nitrogens with zero attached hydrogens (tertiary/aromatic N) is 1. The van der Waals surface area contributed by atoms with E-state index in [-0.39, 0.29) is 6.10 Å². The number of hydrogen-bond donors (Lipinski definition) is 0. The minimum absolute atomic E-state index is 0.237. The lowest BCUT2D eigenvalue weighted by Crippen LogP contribution is -2.32. The standard InChI is InChI=1S/C15H16ClNO3/c1-19-13-8-10(16)7-12(14(13)20-11-3-4-11)15(17-9-18)5-2-6-15/h7-8,11H,2-6H2,1H3. The van der Waals surface area contributed by atoms with Crippen LogP contribution in [0.15, 0.2) is 17.1 Å². The summed E-state index contributed by atoms with van der Waals surface area (Å²) in [6.07, 6.45) is 6.69. The Hall–Kier alpha value is -1.51. The first-order valence-corrected chi connectivity index (χ1v) is 7.20. The quantitative estimate of drug-likeness (QED) is 0.615. The van der Waals surface area contributed by atoms with E-state index >= 15 is 0 Å². The van der Waals surface area contributed by atoms with E-state index in [0.717, 1.165) is 37.7 Å². The third-order valence-corrected chi connectivity index (χ3v) is 4.21. The predicted molar refractivity (Wildman–Crippen MR) is 75.3 cm³/mol. The molecule has 0 atom stereocenters. The van der Waals surface area contributed by atoms with Crippen molar-refractivity contribution < 1.29 is 14.3 Å².